The Labute approximate surface area is 113 Å². The van der Waals surface area contributed by atoms with Crippen LogP contribution in [0.2, 0.25) is 0 Å². The van der Waals surface area contributed by atoms with Crippen molar-refractivity contribution in [3.05, 3.63) is 40.4 Å². The maximum atomic E-state index is 11.4. The van der Waals surface area contributed by atoms with Crippen molar-refractivity contribution >= 4 is 33.9 Å². The number of carbonyl (C=O) groups is 2. The number of thiazole rings is 1. The minimum absolute atomic E-state index is 0.155. The molecule has 0 saturated heterocycles. The number of nitrogens with zero attached hydrogens (tertiary/aromatic N) is 1. The Morgan fingerprint density at radius 1 is 1.37 bits per heavy atom. The predicted octanol–water partition coefficient (Wildman–Crippen LogP) is 3.10. The molecule has 5 nitrogen and oxygen atoms in total. The van der Waals surface area contributed by atoms with Gasteiger partial charge in [-0.2, -0.15) is 0 Å². The van der Waals surface area contributed by atoms with Crippen LogP contribution in [0.1, 0.15) is 32.6 Å². The summed E-state index contributed by atoms with van der Waals surface area (Å²) >= 11 is 1.04. The molecule has 0 aliphatic carbocycles. The van der Waals surface area contributed by atoms with E-state index in [2.05, 4.69) is 10.3 Å². The summed E-state index contributed by atoms with van der Waals surface area (Å²) in [7, 11) is 0. The van der Waals surface area contributed by atoms with Crippen molar-refractivity contribution in [1.82, 2.24) is 4.98 Å². The van der Waals surface area contributed by atoms with E-state index in [4.69, 9.17) is 5.11 Å². The summed E-state index contributed by atoms with van der Waals surface area (Å²) in [6.45, 7) is 3.28. The number of ketones is 1. The average molecular weight is 276 g/mol. The lowest BCUT2D eigenvalue weighted by atomic mass is 10.2. The number of aromatic carboxylic acids is 1. The van der Waals surface area contributed by atoms with Gasteiger partial charge in [0.1, 0.15) is 4.88 Å². The number of rotatable bonds is 4. The maximum absolute atomic E-state index is 11.4. The van der Waals surface area contributed by atoms with Crippen LogP contribution in [-0.4, -0.2) is 21.8 Å². The number of hydrogen-bond acceptors (Lipinski definition) is 5. The first kappa shape index (κ1) is 13.2. The molecule has 0 aliphatic heterocycles. The highest BCUT2D eigenvalue weighted by Crippen LogP contribution is 2.26. The SMILES string of the molecule is CC(=O)c1sc(Nc2cccc(C)c2)nc1C(=O)O. The molecule has 0 aliphatic rings. The van der Waals surface area contributed by atoms with Gasteiger partial charge in [0.2, 0.25) is 0 Å². The maximum Gasteiger partial charge on any atom is 0.356 e. The topological polar surface area (TPSA) is 79.3 Å². The fourth-order valence-electron chi connectivity index (χ4n) is 1.60. The van der Waals surface area contributed by atoms with Crippen molar-refractivity contribution in [1.29, 1.82) is 0 Å². The van der Waals surface area contributed by atoms with Gasteiger partial charge in [0.15, 0.2) is 16.6 Å². The lowest BCUT2D eigenvalue weighted by molar-refractivity contribution is 0.0687. The lowest BCUT2D eigenvalue weighted by Gasteiger charge is -2.02. The molecule has 1 aromatic carbocycles. The molecule has 0 amide bonds. The normalized spacial score (nSPS) is 10.2. The highest BCUT2D eigenvalue weighted by atomic mass is 32.1. The first-order valence-corrected chi connectivity index (χ1v) is 6.38. The van der Waals surface area contributed by atoms with Crippen LogP contribution in [-0.2, 0) is 0 Å². The molecule has 1 heterocycles. The summed E-state index contributed by atoms with van der Waals surface area (Å²) in [5, 5.41) is 12.4. The fraction of sp³-hybridized carbons (Fsp3) is 0.154. The van der Waals surface area contributed by atoms with E-state index in [-0.39, 0.29) is 16.4 Å². The molecule has 1 aromatic heterocycles. The molecule has 0 radical (unpaired) electrons. The van der Waals surface area contributed by atoms with Gasteiger partial charge >= 0.3 is 5.97 Å². The van der Waals surface area contributed by atoms with Gasteiger partial charge in [-0.3, -0.25) is 4.79 Å². The Bertz CT molecular complexity index is 618. The predicted molar refractivity (Wildman–Crippen MR) is 73.5 cm³/mol. The summed E-state index contributed by atoms with van der Waals surface area (Å²) in [6, 6.07) is 7.60. The number of benzene rings is 1. The molecular weight excluding hydrogens is 264 g/mol. The number of aryl methyl sites for hydroxylation is 1. The van der Waals surface area contributed by atoms with Crippen molar-refractivity contribution in [2.24, 2.45) is 0 Å². The van der Waals surface area contributed by atoms with Crippen molar-refractivity contribution in [3.8, 4) is 0 Å². The van der Waals surface area contributed by atoms with Crippen molar-refractivity contribution in [3.63, 3.8) is 0 Å². The molecule has 2 aromatic rings. The first-order valence-electron chi connectivity index (χ1n) is 5.56. The summed E-state index contributed by atoms with van der Waals surface area (Å²) in [4.78, 5) is 26.5. The third-order valence-electron chi connectivity index (χ3n) is 2.42. The first-order chi connectivity index (χ1) is 8.97. The van der Waals surface area contributed by atoms with Crippen molar-refractivity contribution in [2.45, 2.75) is 13.8 Å². The van der Waals surface area contributed by atoms with Crippen molar-refractivity contribution in [2.75, 3.05) is 5.32 Å². The van der Waals surface area contributed by atoms with E-state index in [1.54, 1.807) is 0 Å². The number of carboxylic acid groups (broad SMARTS) is 1. The highest BCUT2D eigenvalue weighted by molar-refractivity contribution is 7.17. The number of hydrogen-bond donors (Lipinski definition) is 2. The van der Waals surface area contributed by atoms with Gasteiger partial charge in [0.25, 0.3) is 0 Å². The monoisotopic (exact) mass is 276 g/mol. The Morgan fingerprint density at radius 2 is 2.11 bits per heavy atom. The third kappa shape index (κ3) is 2.97. The van der Waals surface area contributed by atoms with Crippen LogP contribution in [0.3, 0.4) is 0 Å². The van der Waals surface area contributed by atoms with E-state index < -0.39 is 5.97 Å². The number of nitrogens with one attached hydrogen (secondary N) is 1. The minimum Gasteiger partial charge on any atom is -0.476 e. The van der Waals surface area contributed by atoms with E-state index in [1.807, 2.05) is 31.2 Å². The standard InChI is InChI=1S/C13H12N2O3S/c1-7-4-3-5-9(6-7)14-13-15-10(12(17)18)11(19-13)8(2)16/h3-6H,1-2H3,(H,14,15)(H,17,18). The molecule has 2 N–H and O–H groups in total. The quantitative estimate of drug-likeness (QED) is 0.839. The average Bonchev–Trinajstić information content (AvgIpc) is 2.73. The molecule has 6 heteroatoms. The van der Waals surface area contributed by atoms with Crippen LogP contribution in [0.15, 0.2) is 24.3 Å². The Hall–Kier alpha value is -2.21. The van der Waals surface area contributed by atoms with Gasteiger partial charge in [-0.1, -0.05) is 23.5 Å². The molecule has 0 bridgehead atoms. The van der Waals surface area contributed by atoms with Gasteiger partial charge < -0.3 is 10.4 Å². The smallest absolute Gasteiger partial charge is 0.356 e. The lowest BCUT2D eigenvalue weighted by Crippen LogP contribution is -2.03. The molecule has 0 fully saturated rings. The summed E-state index contributed by atoms with van der Waals surface area (Å²) in [5.41, 5.74) is 1.68. The van der Waals surface area contributed by atoms with Crippen LogP contribution in [0, 0.1) is 6.92 Å². The molecule has 0 spiro atoms. The fourth-order valence-corrected chi connectivity index (χ4v) is 2.48. The van der Waals surface area contributed by atoms with E-state index in [0.29, 0.717) is 5.13 Å². The van der Waals surface area contributed by atoms with Crippen molar-refractivity contribution < 1.29 is 14.7 Å². The molecule has 0 unspecified atom stereocenters. The second kappa shape index (κ2) is 5.19. The van der Waals surface area contributed by atoms with Gasteiger partial charge in [-0.05, 0) is 24.6 Å². The second-order valence-corrected chi connectivity index (χ2v) is 5.05. The summed E-state index contributed by atoms with van der Waals surface area (Å²) in [5.74, 6) is -1.49. The van der Waals surface area contributed by atoms with E-state index in [0.717, 1.165) is 22.6 Å². The largest absolute Gasteiger partial charge is 0.476 e. The van der Waals surface area contributed by atoms with Crippen LogP contribution >= 0.6 is 11.3 Å². The zero-order valence-corrected chi connectivity index (χ0v) is 11.2. The van der Waals surface area contributed by atoms with Gasteiger partial charge in [0.05, 0.1) is 0 Å². The zero-order chi connectivity index (χ0) is 14.0. The van der Waals surface area contributed by atoms with Crippen LogP contribution < -0.4 is 5.32 Å². The minimum atomic E-state index is -1.20. The Kier molecular flexibility index (Phi) is 3.62. The summed E-state index contributed by atoms with van der Waals surface area (Å²) in [6.07, 6.45) is 0. The molecule has 19 heavy (non-hydrogen) atoms. The highest BCUT2D eigenvalue weighted by Gasteiger charge is 2.20. The number of aromatic nitrogens is 1. The molecule has 0 atom stereocenters. The number of carboxylic acids is 1. The number of Topliss-reactive ketones (excluding diaryl/α,β-unsaturated/α-hetero) is 1. The van der Waals surface area contributed by atoms with E-state index in [1.165, 1.54) is 6.92 Å². The van der Waals surface area contributed by atoms with Crippen LogP contribution in [0.25, 0.3) is 0 Å². The van der Waals surface area contributed by atoms with Crippen LogP contribution in [0.4, 0.5) is 10.8 Å². The van der Waals surface area contributed by atoms with Gasteiger partial charge in [-0.25, -0.2) is 9.78 Å². The van der Waals surface area contributed by atoms with Crippen LogP contribution in [0.5, 0.6) is 0 Å². The molecule has 98 valence electrons. The summed E-state index contributed by atoms with van der Waals surface area (Å²) < 4.78 is 0. The number of anilines is 2. The Balaban J connectivity index is 2.34. The van der Waals surface area contributed by atoms with E-state index >= 15 is 0 Å². The van der Waals surface area contributed by atoms with Gasteiger partial charge in [-0.15, -0.1) is 0 Å². The molecular formula is C13H12N2O3S. The molecule has 2 rings (SSSR count). The molecule has 0 saturated carbocycles. The zero-order valence-electron chi connectivity index (χ0n) is 10.4. The van der Waals surface area contributed by atoms with E-state index in [9.17, 15) is 9.59 Å². The number of carbonyl (C=O) groups excluding carboxylic acids is 1. The Morgan fingerprint density at radius 3 is 2.63 bits per heavy atom. The van der Waals surface area contributed by atoms with Gasteiger partial charge in [0, 0.05) is 12.6 Å². The third-order valence-corrected chi connectivity index (χ3v) is 3.49. The second-order valence-electron chi connectivity index (χ2n) is 4.05.